The maximum atomic E-state index is 9.49. The number of nitrogens with zero attached hydrogens (tertiary/aromatic N) is 2. The molecule has 0 fully saturated rings. The van der Waals surface area contributed by atoms with Gasteiger partial charge in [-0.25, -0.2) is 0 Å². The zero-order chi connectivity index (χ0) is 15.8. The van der Waals surface area contributed by atoms with Crippen molar-refractivity contribution in [3.63, 3.8) is 0 Å². The summed E-state index contributed by atoms with van der Waals surface area (Å²) in [6, 6.07) is 3.46. The highest BCUT2D eigenvalue weighted by Crippen LogP contribution is 2.17. The fraction of sp³-hybridized carbons (Fsp3) is 0.385. The van der Waals surface area contributed by atoms with Crippen molar-refractivity contribution in [3.8, 4) is 5.75 Å². The van der Waals surface area contributed by atoms with Crippen LogP contribution in [0.5, 0.6) is 5.75 Å². The van der Waals surface area contributed by atoms with E-state index in [9.17, 15) is 10.0 Å². The van der Waals surface area contributed by atoms with E-state index in [-0.39, 0.29) is 11.4 Å². The molecule has 0 spiro atoms. The summed E-state index contributed by atoms with van der Waals surface area (Å²) in [5.41, 5.74) is 12.1. The lowest BCUT2D eigenvalue weighted by Crippen LogP contribution is -2.32. The van der Waals surface area contributed by atoms with Gasteiger partial charge in [0, 0.05) is 11.0 Å². The van der Waals surface area contributed by atoms with Gasteiger partial charge in [-0.1, -0.05) is 25.0 Å². The fourth-order valence-corrected chi connectivity index (χ4v) is 1.76. The molecule has 6 N–H and O–H groups in total. The minimum Gasteiger partial charge on any atom is -0.493 e. The summed E-state index contributed by atoms with van der Waals surface area (Å²) in [6.07, 6.45) is 3.25. The van der Waals surface area contributed by atoms with E-state index in [2.05, 4.69) is 10.2 Å². The molecule has 0 aliphatic carbocycles. The van der Waals surface area contributed by atoms with Crippen molar-refractivity contribution in [3.05, 3.63) is 23.3 Å². The molecule has 8 heteroatoms. The third kappa shape index (κ3) is 5.45. The van der Waals surface area contributed by atoms with Crippen LogP contribution in [-0.2, 0) is 0 Å². The van der Waals surface area contributed by atoms with Crippen LogP contribution in [0.3, 0.4) is 0 Å². The molecule has 0 aliphatic heterocycles. The van der Waals surface area contributed by atoms with Gasteiger partial charge in [-0.15, -0.1) is 5.10 Å². The Balaban J connectivity index is 3.18. The summed E-state index contributed by atoms with van der Waals surface area (Å²) in [5.74, 6) is 0.216. The Morgan fingerprint density at radius 2 is 2.10 bits per heavy atom. The van der Waals surface area contributed by atoms with Gasteiger partial charge < -0.3 is 26.3 Å². The van der Waals surface area contributed by atoms with Crippen molar-refractivity contribution in [2.75, 3.05) is 6.61 Å². The SMILES string of the molecule is CCCCOc1c(C=NN=C(N)N)cc(C)cc1B(O)O. The highest BCUT2D eigenvalue weighted by atomic mass is 16.5. The second-order valence-electron chi connectivity index (χ2n) is 4.62. The number of benzene rings is 1. The second kappa shape index (κ2) is 8.28. The summed E-state index contributed by atoms with van der Waals surface area (Å²) < 4.78 is 5.66. The monoisotopic (exact) mass is 292 g/mol. The number of ether oxygens (including phenoxy) is 1. The van der Waals surface area contributed by atoms with E-state index in [4.69, 9.17) is 16.2 Å². The molecule has 1 aromatic carbocycles. The van der Waals surface area contributed by atoms with E-state index in [1.807, 2.05) is 13.8 Å². The number of guanidine groups is 1. The number of unbranched alkanes of at least 4 members (excludes halogenated alkanes) is 1. The quantitative estimate of drug-likeness (QED) is 0.176. The third-order valence-corrected chi connectivity index (χ3v) is 2.68. The van der Waals surface area contributed by atoms with Crippen molar-refractivity contribution in [2.24, 2.45) is 21.7 Å². The van der Waals surface area contributed by atoms with E-state index in [1.54, 1.807) is 12.1 Å². The zero-order valence-electron chi connectivity index (χ0n) is 12.3. The molecule has 1 rings (SSSR count). The molecule has 0 amide bonds. The summed E-state index contributed by atoms with van der Waals surface area (Å²) in [5, 5.41) is 26.2. The van der Waals surface area contributed by atoms with E-state index in [1.165, 1.54) is 6.21 Å². The maximum Gasteiger partial charge on any atom is 0.492 e. The zero-order valence-corrected chi connectivity index (χ0v) is 12.3. The van der Waals surface area contributed by atoms with Crippen LogP contribution in [0.2, 0.25) is 0 Å². The normalized spacial score (nSPS) is 10.7. The van der Waals surface area contributed by atoms with Gasteiger partial charge in [-0.05, 0) is 19.4 Å². The third-order valence-electron chi connectivity index (χ3n) is 2.68. The van der Waals surface area contributed by atoms with Gasteiger partial charge in [-0.3, -0.25) is 0 Å². The molecule has 0 heterocycles. The fourth-order valence-electron chi connectivity index (χ4n) is 1.76. The predicted octanol–water partition coefficient (Wildman–Crippen LogP) is -0.539. The Bertz CT molecular complexity index is 528. The first-order valence-electron chi connectivity index (χ1n) is 6.71. The van der Waals surface area contributed by atoms with Crippen LogP contribution >= 0.6 is 0 Å². The lowest BCUT2D eigenvalue weighted by molar-refractivity contribution is 0.309. The van der Waals surface area contributed by atoms with Crippen molar-refractivity contribution in [2.45, 2.75) is 26.7 Å². The molecule has 0 aromatic heterocycles. The molecule has 0 radical (unpaired) electrons. The van der Waals surface area contributed by atoms with E-state index >= 15 is 0 Å². The molecule has 0 atom stereocenters. The molecule has 7 nitrogen and oxygen atoms in total. The van der Waals surface area contributed by atoms with Gasteiger partial charge in [-0.2, -0.15) is 5.10 Å². The molecule has 21 heavy (non-hydrogen) atoms. The average molecular weight is 292 g/mol. The standard InChI is InChI=1S/C13H21BN4O3/c1-3-4-5-21-12-10(8-17-18-13(15)16)6-9(2)7-11(12)14(19)20/h6-8,19-20H,3-5H2,1-2H3,(H4,15,16,18). The van der Waals surface area contributed by atoms with Crippen molar-refractivity contribution in [1.82, 2.24) is 0 Å². The molecule has 1 aromatic rings. The first-order chi connectivity index (χ1) is 9.95. The van der Waals surface area contributed by atoms with E-state index in [0.717, 1.165) is 18.4 Å². The number of rotatable bonds is 7. The Labute approximate surface area is 124 Å². The second-order valence-corrected chi connectivity index (χ2v) is 4.62. The van der Waals surface area contributed by atoms with Crippen LogP contribution in [0.25, 0.3) is 0 Å². The Kier molecular flexibility index (Phi) is 6.70. The molecule has 0 saturated heterocycles. The highest BCUT2D eigenvalue weighted by Gasteiger charge is 2.20. The summed E-state index contributed by atoms with van der Waals surface area (Å²) in [4.78, 5) is 0. The Hall–Kier alpha value is -2.06. The maximum absolute atomic E-state index is 9.49. The minimum atomic E-state index is -1.63. The molecule has 0 unspecified atom stereocenters. The summed E-state index contributed by atoms with van der Waals surface area (Å²) >= 11 is 0. The largest absolute Gasteiger partial charge is 0.493 e. The summed E-state index contributed by atoms with van der Waals surface area (Å²) in [6.45, 7) is 4.35. The number of nitrogens with two attached hydrogens (primary N) is 2. The average Bonchev–Trinajstić information content (AvgIpc) is 2.40. The lowest BCUT2D eigenvalue weighted by Gasteiger charge is -2.14. The van der Waals surface area contributed by atoms with Gasteiger partial charge in [0.15, 0.2) is 0 Å². The van der Waals surface area contributed by atoms with Crippen molar-refractivity contribution >= 4 is 24.8 Å². The van der Waals surface area contributed by atoms with Crippen molar-refractivity contribution < 1.29 is 14.8 Å². The van der Waals surface area contributed by atoms with E-state index < -0.39 is 7.12 Å². The Morgan fingerprint density at radius 1 is 1.38 bits per heavy atom. The van der Waals surface area contributed by atoms with Crippen LogP contribution < -0.4 is 21.7 Å². The molecular weight excluding hydrogens is 271 g/mol. The van der Waals surface area contributed by atoms with Gasteiger partial charge >= 0.3 is 7.12 Å². The van der Waals surface area contributed by atoms with Crippen LogP contribution in [0.15, 0.2) is 22.3 Å². The number of aryl methyl sites for hydroxylation is 1. The Morgan fingerprint density at radius 3 is 2.67 bits per heavy atom. The smallest absolute Gasteiger partial charge is 0.492 e. The first kappa shape index (κ1) is 17.0. The van der Waals surface area contributed by atoms with Gasteiger partial charge in [0.05, 0.1) is 12.8 Å². The topological polar surface area (TPSA) is 126 Å². The highest BCUT2D eigenvalue weighted by molar-refractivity contribution is 6.60. The minimum absolute atomic E-state index is 0.158. The van der Waals surface area contributed by atoms with Crippen LogP contribution in [0.4, 0.5) is 0 Å². The first-order valence-corrected chi connectivity index (χ1v) is 6.71. The van der Waals surface area contributed by atoms with E-state index in [0.29, 0.717) is 17.9 Å². The molecule has 0 aliphatic rings. The number of hydrogen-bond donors (Lipinski definition) is 4. The van der Waals surface area contributed by atoms with Crippen LogP contribution in [0, 0.1) is 6.92 Å². The molecule has 114 valence electrons. The van der Waals surface area contributed by atoms with Crippen LogP contribution in [0.1, 0.15) is 30.9 Å². The molecule has 0 bridgehead atoms. The van der Waals surface area contributed by atoms with Gasteiger partial charge in [0.2, 0.25) is 5.96 Å². The molecular formula is C13H21BN4O3. The summed E-state index contributed by atoms with van der Waals surface area (Å²) in [7, 11) is -1.63. The van der Waals surface area contributed by atoms with Gasteiger partial charge in [0.1, 0.15) is 5.75 Å². The molecule has 0 saturated carbocycles. The van der Waals surface area contributed by atoms with Crippen LogP contribution in [-0.4, -0.2) is 35.9 Å². The van der Waals surface area contributed by atoms with Crippen molar-refractivity contribution in [1.29, 1.82) is 0 Å². The van der Waals surface area contributed by atoms with Gasteiger partial charge in [0.25, 0.3) is 0 Å². The lowest BCUT2D eigenvalue weighted by atomic mass is 9.77. The number of hydrogen-bond acceptors (Lipinski definition) is 5. The predicted molar refractivity (Wildman–Crippen MR) is 84.8 cm³/mol.